The highest BCUT2D eigenvalue weighted by Crippen LogP contribution is 2.29. The first-order valence-electron chi connectivity index (χ1n) is 4.57. The Bertz CT molecular complexity index is 269. The molecule has 5 heteroatoms. The van der Waals surface area contributed by atoms with Crippen molar-refractivity contribution in [3.63, 3.8) is 0 Å². The lowest BCUT2D eigenvalue weighted by molar-refractivity contribution is 0.406. The van der Waals surface area contributed by atoms with Crippen molar-refractivity contribution >= 4 is 31.9 Å². The van der Waals surface area contributed by atoms with Gasteiger partial charge in [-0.25, -0.2) is 0 Å². The van der Waals surface area contributed by atoms with Crippen molar-refractivity contribution in [2.75, 3.05) is 13.1 Å². The second-order valence-corrected chi connectivity index (χ2v) is 4.59. The molecule has 0 saturated carbocycles. The molecule has 1 aromatic heterocycles. The Labute approximate surface area is 101 Å². The Kier molecular flexibility index (Phi) is 5.15. The van der Waals surface area contributed by atoms with Crippen molar-refractivity contribution in [3.8, 4) is 0 Å². The summed E-state index contributed by atoms with van der Waals surface area (Å²) in [6.45, 7) is 3.60. The maximum absolute atomic E-state index is 5.65. The molecule has 80 valence electrons. The predicted molar refractivity (Wildman–Crippen MR) is 64.2 cm³/mol. The first-order valence-corrected chi connectivity index (χ1v) is 6.15. The van der Waals surface area contributed by atoms with Gasteiger partial charge in [0.15, 0.2) is 4.67 Å². The number of hydrogen-bond donors (Lipinski definition) is 2. The number of halogens is 2. The monoisotopic (exact) mass is 324 g/mol. The van der Waals surface area contributed by atoms with Gasteiger partial charge in [-0.2, -0.15) is 0 Å². The summed E-state index contributed by atoms with van der Waals surface area (Å²) in [6.07, 6.45) is 1.08. The zero-order valence-corrected chi connectivity index (χ0v) is 11.2. The summed E-state index contributed by atoms with van der Waals surface area (Å²) < 4.78 is 7.12. The van der Waals surface area contributed by atoms with E-state index in [0.717, 1.165) is 23.2 Å². The molecular formula is C9H14Br2N2O. The van der Waals surface area contributed by atoms with Crippen molar-refractivity contribution in [3.05, 3.63) is 21.0 Å². The van der Waals surface area contributed by atoms with Crippen LogP contribution in [0.5, 0.6) is 0 Å². The van der Waals surface area contributed by atoms with E-state index in [1.54, 1.807) is 0 Å². The fraction of sp³-hybridized carbons (Fsp3) is 0.556. The summed E-state index contributed by atoms with van der Waals surface area (Å²) in [5.74, 6) is 0.861. The average Bonchev–Trinajstić information content (AvgIpc) is 2.48. The van der Waals surface area contributed by atoms with Crippen molar-refractivity contribution in [2.45, 2.75) is 19.4 Å². The van der Waals surface area contributed by atoms with Crippen LogP contribution < -0.4 is 11.1 Å². The van der Waals surface area contributed by atoms with Crippen LogP contribution in [0.3, 0.4) is 0 Å². The van der Waals surface area contributed by atoms with Crippen molar-refractivity contribution in [1.29, 1.82) is 0 Å². The molecule has 0 aliphatic heterocycles. The molecule has 0 aromatic carbocycles. The SMILES string of the molecule is CCCNC(CN)c1cc(Br)c(Br)o1. The average molecular weight is 326 g/mol. The third-order valence-corrected chi connectivity index (χ3v) is 3.59. The normalized spacial score (nSPS) is 13.1. The molecular weight excluding hydrogens is 312 g/mol. The molecule has 0 aliphatic carbocycles. The smallest absolute Gasteiger partial charge is 0.183 e. The van der Waals surface area contributed by atoms with Gasteiger partial charge in [0.1, 0.15) is 5.76 Å². The molecule has 0 amide bonds. The van der Waals surface area contributed by atoms with Crippen LogP contribution in [-0.4, -0.2) is 13.1 Å². The Morgan fingerprint density at radius 3 is 2.71 bits per heavy atom. The summed E-state index contributed by atoms with van der Waals surface area (Å²) in [5, 5.41) is 3.32. The Morgan fingerprint density at radius 1 is 1.57 bits per heavy atom. The van der Waals surface area contributed by atoms with Gasteiger partial charge in [0.25, 0.3) is 0 Å². The Hall–Kier alpha value is 0.160. The van der Waals surface area contributed by atoms with Gasteiger partial charge in [-0.1, -0.05) is 6.92 Å². The lowest BCUT2D eigenvalue weighted by atomic mass is 10.2. The molecule has 14 heavy (non-hydrogen) atoms. The van der Waals surface area contributed by atoms with E-state index in [4.69, 9.17) is 10.2 Å². The van der Waals surface area contributed by atoms with Crippen molar-refractivity contribution < 1.29 is 4.42 Å². The zero-order valence-electron chi connectivity index (χ0n) is 8.02. The minimum absolute atomic E-state index is 0.0950. The third-order valence-electron chi connectivity index (χ3n) is 1.88. The molecule has 1 rings (SSSR count). The van der Waals surface area contributed by atoms with Gasteiger partial charge in [-0.15, -0.1) is 0 Å². The van der Waals surface area contributed by atoms with E-state index in [1.807, 2.05) is 6.07 Å². The molecule has 0 bridgehead atoms. The van der Waals surface area contributed by atoms with E-state index >= 15 is 0 Å². The van der Waals surface area contributed by atoms with E-state index < -0.39 is 0 Å². The largest absolute Gasteiger partial charge is 0.451 e. The van der Waals surface area contributed by atoms with Crippen LogP contribution >= 0.6 is 31.9 Å². The minimum atomic E-state index is 0.0950. The standard InChI is InChI=1S/C9H14Br2N2O/c1-2-3-13-7(5-12)8-4-6(10)9(11)14-8/h4,7,13H,2-3,5,12H2,1H3. The van der Waals surface area contributed by atoms with Crippen molar-refractivity contribution in [1.82, 2.24) is 5.32 Å². The zero-order chi connectivity index (χ0) is 10.6. The van der Waals surface area contributed by atoms with Gasteiger partial charge in [-0.3, -0.25) is 0 Å². The maximum atomic E-state index is 5.65. The first kappa shape index (κ1) is 12.2. The summed E-state index contributed by atoms with van der Waals surface area (Å²) in [6, 6.07) is 2.03. The Morgan fingerprint density at radius 2 is 2.29 bits per heavy atom. The van der Waals surface area contributed by atoms with Crippen LogP contribution in [0.25, 0.3) is 0 Å². The van der Waals surface area contributed by atoms with Gasteiger partial charge in [0.2, 0.25) is 0 Å². The van der Waals surface area contributed by atoms with E-state index in [9.17, 15) is 0 Å². The first-order chi connectivity index (χ1) is 6.69. The number of hydrogen-bond acceptors (Lipinski definition) is 3. The molecule has 1 unspecified atom stereocenters. The van der Waals surface area contributed by atoms with Crippen LogP contribution in [0.4, 0.5) is 0 Å². The molecule has 3 nitrogen and oxygen atoms in total. The molecule has 0 aliphatic rings. The molecule has 0 saturated heterocycles. The van der Waals surface area contributed by atoms with E-state index in [2.05, 4.69) is 44.1 Å². The number of nitrogens with two attached hydrogens (primary N) is 1. The highest BCUT2D eigenvalue weighted by atomic mass is 79.9. The Balaban J connectivity index is 2.68. The van der Waals surface area contributed by atoms with Gasteiger partial charge in [-0.05, 0) is 50.9 Å². The fourth-order valence-corrected chi connectivity index (χ4v) is 1.76. The fourth-order valence-electron chi connectivity index (χ4n) is 1.15. The molecule has 0 spiro atoms. The third kappa shape index (κ3) is 3.08. The molecule has 1 atom stereocenters. The number of nitrogens with one attached hydrogen (secondary N) is 1. The predicted octanol–water partition coefficient (Wildman–Crippen LogP) is 2.80. The van der Waals surface area contributed by atoms with Crippen LogP contribution in [-0.2, 0) is 0 Å². The van der Waals surface area contributed by atoms with Gasteiger partial charge < -0.3 is 15.5 Å². The van der Waals surface area contributed by atoms with Crippen LogP contribution in [0.1, 0.15) is 25.1 Å². The highest BCUT2D eigenvalue weighted by Gasteiger charge is 2.15. The van der Waals surface area contributed by atoms with E-state index in [0.29, 0.717) is 11.2 Å². The summed E-state index contributed by atoms with van der Waals surface area (Å²) in [4.78, 5) is 0. The van der Waals surface area contributed by atoms with E-state index in [-0.39, 0.29) is 6.04 Å². The lowest BCUT2D eigenvalue weighted by Gasteiger charge is -2.12. The van der Waals surface area contributed by atoms with Gasteiger partial charge in [0, 0.05) is 6.54 Å². The van der Waals surface area contributed by atoms with Gasteiger partial charge >= 0.3 is 0 Å². The topological polar surface area (TPSA) is 51.2 Å². The number of rotatable bonds is 5. The second kappa shape index (κ2) is 5.90. The summed E-state index contributed by atoms with van der Waals surface area (Å²) in [7, 11) is 0. The van der Waals surface area contributed by atoms with Gasteiger partial charge in [0.05, 0.1) is 10.5 Å². The summed E-state index contributed by atoms with van der Waals surface area (Å²) >= 11 is 6.67. The molecule has 1 heterocycles. The molecule has 0 radical (unpaired) electrons. The molecule has 1 aromatic rings. The van der Waals surface area contributed by atoms with Crippen LogP contribution in [0, 0.1) is 0 Å². The summed E-state index contributed by atoms with van der Waals surface area (Å²) in [5.41, 5.74) is 5.65. The van der Waals surface area contributed by atoms with Crippen molar-refractivity contribution in [2.24, 2.45) is 5.73 Å². The maximum Gasteiger partial charge on any atom is 0.183 e. The minimum Gasteiger partial charge on any atom is -0.451 e. The quantitative estimate of drug-likeness (QED) is 0.875. The van der Waals surface area contributed by atoms with E-state index in [1.165, 1.54) is 0 Å². The van der Waals surface area contributed by atoms with Crippen LogP contribution in [0.15, 0.2) is 19.6 Å². The molecule has 3 N–H and O–H groups in total. The number of furan rings is 1. The highest BCUT2D eigenvalue weighted by molar-refractivity contribution is 9.13. The second-order valence-electron chi connectivity index (χ2n) is 3.01. The van der Waals surface area contributed by atoms with Crippen LogP contribution in [0.2, 0.25) is 0 Å². The molecule has 0 fully saturated rings. The lowest BCUT2D eigenvalue weighted by Crippen LogP contribution is -2.28.